The molecule has 2 aromatic carbocycles. The summed E-state index contributed by atoms with van der Waals surface area (Å²) in [6.07, 6.45) is 0. The van der Waals surface area contributed by atoms with Crippen LogP contribution in [0, 0.1) is 20.8 Å². The zero-order valence-electron chi connectivity index (χ0n) is 14.9. The van der Waals surface area contributed by atoms with Crippen molar-refractivity contribution in [2.75, 3.05) is 5.32 Å². The lowest BCUT2D eigenvalue weighted by Gasteiger charge is -2.08. The number of furan rings is 1. The van der Waals surface area contributed by atoms with Crippen LogP contribution in [-0.4, -0.2) is 11.0 Å². The van der Waals surface area contributed by atoms with Crippen molar-refractivity contribution in [3.05, 3.63) is 77.0 Å². The number of rotatable bonds is 3. The minimum absolute atomic E-state index is 0.214. The molecule has 3 aromatic rings. The summed E-state index contributed by atoms with van der Waals surface area (Å²) in [4.78, 5) is 12.3. The number of carbonyl (C=O) groups is 1. The second-order valence-electron chi connectivity index (χ2n) is 6.24. The number of anilines is 1. The van der Waals surface area contributed by atoms with Gasteiger partial charge in [0.2, 0.25) is 0 Å². The van der Waals surface area contributed by atoms with Gasteiger partial charge in [0.25, 0.3) is 5.91 Å². The molecular formula is C21H20N2O2S. The Morgan fingerprint density at radius 1 is 0.923 bits per heavy atom. The molecule has 0 unspecified atom stereocenters. The van der Waals surface area contributed by atoms with Gasteiger partial charge in [-0.05, 0) is 74.4 Å². The van der Waals surface area contributed by atoms with Crippen LogP contribution in [-0.2, 0) is 0 Å². The molecule has 0 aliphatic rings. The fraction of sp³-hybridized carbons (Fsp3) is 0.143. The van der Waals surface area contributed by atoms with Gasteiger partial charge in [-0.15, -0.1) is 0 Å². The fourth-order valence-electron chi connectivity index (χ4n) is 2.47. The Hall–Kier alpha value is -2.92. The van der Waals surface area contributed by atoms with E-state index in [4.69, 9.17) is 16.6 Å². The highest BCUT2D eigenvalue weighted by Crippen LogP contribution is 2.24. The van der Waals surface area contributed by atoms with Gasteiger partial charge in [-0.1, -0.05) is 29.8 Å². The Morgan fingerprint density at radius 2 is 1.65 bits per heavy atom. The van der Waals surface area contributed by atoms with E-state index in [0.717, 1.165) is 16.8 Å². The largest absolute Gasteiger partial charge is 0.451 e. The van der Waals surface area contributed by atoms with Gasteiger partial charge in [0.15, 0.2) is 10.9 Å². The van der Waals surface area contributed by atoms with Crippen LogP contribution in [0.25, 0.3) is 11.3 Å². The van der Waals surface area contributed by atoms with Gasteiger partial charge in [-0.3, -0.25) is 10.1 Å². The van der Waals surface area contributed by atoms with Crippen molar-refractivity contribution in [3.8, 4) is 11.3 Å². The lowest BCUT2D eigenvalue weighted by molar-refractivity contribution is 0.0951. The molecule has 0 spiro atoms. The van der Waals surface area contributed by atoms with Crippen LogP contribution in [0.3, 0.4) is 0 Å². The molecule has 0 aliphatic heterocycles. The van der Waals surface area contributed by atoms with Crippen molar-refractivity contribution in [1.82, 2.24) is 5.32 Å². The lowest BCUT2D eigenvalue weighted by Crippen LogP contribution is -2.33. The van der Waals surface area contributed by atoms with Crippen molar-refractivity contribution in [2.24, 2.45) is 0 Å². The smallest absolute Gasteiger partial charge is 0.293 e. The van der Waals surface area contributed by atoms with Crippen LogP contribution in [0.5, 0.6) is 0 Å². The Labute approximate surface area is 158 Å². The maximum absolute atomic E-state index is 12.3. The predicted molar refractivity (Wildman–Crippen MR) is 108 cm³/mol. The molecule has 0 fully saturated rings. The molecule has 0 aliphatic carbocycles. The molecule has 2 N–H and O–H groups in total. The molecule has 3 rings (SSSR count). The van der Waals surface area contributed by atoms with Gasteiger partial charge in [-0.2, -0.15) is 0 Å². The average molecular weight is 364 g/mol. The highest BCUT2D eigenvalue weighted by Gasteiger charge is 2.14. The van der Waals surface area contributed by atoms with Crippen LogP contribution >= 0.6 is 12.2 Å². The summed E-state index contributed by atoms with van der Waals surface area (Å²) in [6, 6.07) is 17.2. The molecule has 1 heterocycles. The number of hydrogen-bond donors (Lipinski definition) is 2. The number of benzene rings is 2. The first-order valence-electron chi connectivity index (χ1n) is 8.29. The van der Waals surface area contributed by atoms with E-state index in [1.807, 2.05) is 56.3 Å². The third-order valence-electron chi connectivity index (χ3n) is 4.16. The van der Waals surface area contributed by atoms with Crippen LogP contribution in [0.1, 0.15) is 27.2 Å². The number of aryl methyl sites for hydroxylation is 3. The summed E-state index contributed by atoms with van der Waals surface area (Å²) in [5.41, 5.74) is 5.29. The van der Waals surface area contributed by atoms with Crippen molar-refractivity contribution < 1.29 is 9.21 Å². The molecule has 5 heteroatoms. The molecule has 0 saturated heterocycles. The van der Waals surface area contributed by atoms with Gasteiger partial charge in [0, 0.05) is 11.3 Å². The standard InChI is InChI=1S/C21H20N2O2S/c1-13-4-8-17(9-5-13)22-21(26)23-20(24)19-11-10-18(25-19)16-7-6-14(2)15(3)12-16/h4-12H,1-3H3,(H2,22,23,24,26). The Morgan fingerprint density at radius 3 is 2.35 bits per heavy atom. The van der Waals surface area contributed by atoms with Crippen molar-refractivity contribution in [1.29, 1.82) is 0 Å². The molecule has 1 amide bonds. The van der Waals surface area contributed by atoms with E-state index >= 15 is 0 Å². The zero-order valence-corrected chi connectivity index (χ0v) is 15.7. The minimum Gasteiger partial charge on any atom is -0.451 e. The molecular weight excluding hydrogens is 344 g/mol. The normalized spacial score (nSPS) is 10.4. The fourth-order valence-corrected chi connectivity index (χ4v) is 2.68. The third kappa shape index (κ3) is 4.18. The van der Waals surface area contributed by atoms with Crippen molar-refractivity contribution in [3.63, 3.8) is 0 Å². The lowest BCUT2D eigenvalue weighted by atomic mass is 10.1. The highest BCUT2D eigenvalue weighted by molar-refractivity contribution is 7.80. The summed E-state index contributed by atoms with van der Waals surface area (Å²) >= 11 is 5.19. The first-order chi connectivity index (χ1) is 12.4. The average Bonchev–Trinajstić information content (AvgIpc) is 3.09. The molecule has 0 saturated carbocycles. The maximum Gasteiger partial charge on any atom is 0.293 e. The molecule has 0 atom stereocenters. The Bertz CT molecular complexity index is 958. The summed E-state index contributed by atoms with van der Waals surface area (Å²) < 4.78 is 5.69. The summed E-state index contributed by atoms with van der Waals surface area (Å²) in [5, 5.41) is 5.84. The van der Waals surface area contributed by atoms with Gasteiger partial charge >= 0.3 is 0 Å². The second kappa shape index (κ2) is 7.54. The van der Waals surface area contributed by atoms with Gasteiger partial charge in [0.05, 0.1) is 0 Å². The van der Waals surface area contributed by atoms with Crippen molar-refractivity contribution in [2.45, 2.75) is 20.8 Å². The van der Waals surface area contributed by atoms with E-state index in [-0.39, 0.29) is 16.8 Å². The molecule has 0 bridgehead atoms. The van der Waals surface area contributed by atoms with Crippen LogP contribution < -0.4 is 10.6 Å². The first kappa shape index (κ1) is 17.9. The van der Waals surface area contributed by atoms with Crippen LogP contribution in [0.4, 0.5) is 5.69 Å². The minimum atomic E-state index is -0.385. The van der Waals surface area contributed by atoms with Crippen LogP contribution in [0.2, 0.25) is 0 Å². The maximum atomic E-state index is 12.3. The van der Waals surface area contributed by atoms with E-state index < -0.39 is 0 Å². The van der Waals surface area contributed by atoms with E-state index in [2.05, 4.69) is 17.6 Å². The molecule has 132 valence electrons. The number of thiocarbonyl (C=S) groups is 1. The number of carbonyl (C=O) groups excluding carboxylic acids is 1. The Balaban J connectivity index is 1.66. The quantitative estimate of drug-likeness (QED) is 0.642. The SMILES string of the molecule is Cc1ccc(NC(=S)NC(=O)c2ccc(-c3ccc(C)c(C)c3)o2)cc1. The highest BCUT2D eigenvalue weighted by atomic mass is 32.1. The van der Waals surface area contributed by atoms with Gasteiger partial charge < -0.3 is 9.73 Å². The van der Waals surface area contributed by atoms with E-state index in [0.29, 0.717) is 5.76 Å². The number of nitrogens with one attached hydrogen (secondary N) is 2. The summed E-state index contributed by atoms with van der Waals surface area (Å²) in [5.74, 6) is 0.478. The predicted octanol–water partition coefficient (Wildman–Crippen LogP) is 5.00. The molecule has 26 heavy (non-hydrogen) atoms. The summed E-state index contributed by atoms with van der Waals surface area (Å²) in [6.45, 7) is 6.11. The number of amides is 1. The third-order valence-corrected chi connectivity index (χ3v) is 4.36. The topological polar surface area (TPSA) is 54.3 Å². The zero-order chi connectivity index (χ0) is 18.7. The molecule has 1 aromatic heterocycles. The van der Waals surface area contributed by atoms with E-state index in [9.17, 15) is 4.79 Å². The number of hydrogen-bond acceptors (Lipinski definition) is 3. The monoisotopic (exact) mass is 364 g/mol. The summed E-state index contributed by atoms with van der Waals surface area (Å²) in [7, 11) is 0. The van der Waals surface area contributed by atoms with Crippen molar-refractivity contribution >= 4 is 28.9 Å². The van der Waals surface area contributed by atoms with Crippen LogP contribution in [0.15, 0.2) is 59.0 Å². The van der Waals surface area contributed by atoms with Gasteiger partial charge in [0.1, 0.15) is 5.76 Å². The second-order valence-corrected chi connectivity index (χ2v) is 6.65. The molecule has 4 nitrogen and oxygen atoms in total. The Kier molecular flexibility index (Phi) is 5.19. The van der Waals surface area contributed by atoms with Gasteiger partial charge in [-0.25, -0.2) is 0 Å². The first-order valence-corrected chi connectivity index (χ1v) is 8.69. The molecule has 0 radical (unpaired) electrons. The van der Waals surface area contributed by atoms with E-state index in [1.165, 1.54) is 11.1 Å². The van der Waals surface area contributed by atoms with E-state index in [1.54, 1.807) is 12.1 Å².